The van der Waals surface area contributed by atoms with E-state index in [4.69, 9.17) is 9.47 Å². The topological polar surface area (TPSA) is 76.0 Å². The monoisotopic (exact) mass is 524 g/mol. The number of aliphatic hydroxyl groups is 2. The minimum atomic E-state index is -1.23. The van der Waals surface area contributed by atoms with E-state index < -0.39 is 12.2 Å². The fourth-order valence-corrected chi connectivity index (χ4v) is 4.65. The van der Waals surface area contributed by atoms with Gasteiger partial charge in [-0.3, -0.25) is 4.79 Å². The lowest BCUT2D eigenvalue weighted by Gasteiger charge is -2.16. The van der Waals surface area contributed by atoms with Crippen LogP contribution in [0.25, 0.3) is 11.1 Å². The van der Waals surface area contributed by atoms with E-state index >= 15 is 0 Å². The molecular formula is C34H36O5. The number of methoxy groups -OCH3 is 1. The summed E-state index contributed by atoms with van der Waals surface area (Å²) in [4.78, 5) is 12.7. The zero-order chi connectivity index (χ0) is 27.9. The molecule has 2 atom stereocenters. The maximum Gasteiger partial charge on any atom is 0.195 e. The van der Waals surface area contributed by atoms with E-state index in [0.717, 1.165) is 22.3 Å². The van der Waals surface area contributed by atoms with Crippen LogP contribution in [0.5, 0.6) is 11.5 Å². The van der Waals surface area contributed by atoms with Crippen LogP contribution in [0.3, 0.4) is 0 Å². The molecule has 4 aromatic rings. The summed E-state index contributed by atoms with van der Waals surface area (Å²) >= 11 is 0. The number of carbonyl (C=O) groups is 1. The van der Waals surface area contributed by atoms with Crippen molar-refractivity contribution in [1.29, 1.82) is 0 Å². The molecule has 0 amide bonds. The van der Waals surface area contributed by atoms with Crippen LogP contribution in [0, 0.1) is 20.8 Å². The second kappa shape index (κ2) is 12.7. The summed E-state index contributed by atoms with van der Waals surface area (Å²) in [6.45, 7) is 6.51. The van der Waals surface area contributed by atoms with Gasteiger partial charge in [0.15, 0.2) is 17.3 Å². The summed E-state index contributed by atoms with van der Waals surface area (Å²) < 4.78 is 11.6. The quantitative estimate of drug-likeness (QED) is 0.162. The maximum absolute atomic E-state index is 12.7. The fraction of sp³-hybridized carbons (Fsp3) is 0.265. The molecular weight excluding hydrogens is 488 g/mol. The van der Waals surface area contributed by atoms with E-state index in [-0.39, 0.29) is 5.78 Å². The summed E-state index contributed by atoms with van der Waals surface area (Å²) in [5.41, 5.74) is 7.17. The smallest absolute Gasteiger partial charge is 0.195 e. The van der Waals surface area contributed by atoms with Crippen molar-refractivity contribution in [2.45, 2.75) is 45.8 Å². The highest BCUT2D eigenvalue weighted by molar-refractivity contribution is 5.99. The third kappa shape index (κ3) is 6.75. The normalized spacial score (nSPS) is 12.6. The first-order valence-corrected chi connectivity index (χ1v) is 13.2. The van der Waals surface area contributed by atoms with Crippen molar-refractivity contribution >= 4 is 5.78 Å². The van der Waals surface area contributed by atoms with Gasteiger partial charge in [-0.2, -0.15) is 0 Å². The third-order valence-corrected chi connectivity index (χ3v) is 7.14. The van der Waals surface area contributed by atoms with Gasteiger partial charge in [-0.15, -0.1) is 0 Å². The van der Waals surface area contributed by atoms with Crippen molar-refractivity contribution in [2.75, 3.05) is 13.7 Å². The van der Waals surface area contributed by atoms with Crippen LogP contribution in [-0.2, 0) is 0 Å². The van der Waals surface area contributed by atoms with Crippen molar-refractivity contribution in [3.8, 4) is 22.6 Å². The van der Waals surface area contributed by atoms with Crippen molar-refractivity contribution in [3.05, 3.63) is 118 Å². The second-order valence-electron chi connectivity index (χ2n) is 9.92. The lowest BCUT2D eigenvalue weighted by molar-refractivity contribution is 0.0747. The van der Waals surface area contributed by atoms with Crippen molar-refractivity contribution in [2.24, 2.45) is 0 Å². The molecule has 0 saturated heterocycles. The standard InChI is InChI=1S/C34H36O5/c1-22-12-13-27(19-23(22)2)30(35)11-8-18-39-32-21-26(15-17-31(32)38-4)29-16-14-28(20-24(29)3)34(37)33(36)25-9-6-5-7-10-25/h5-7,9-10,12-17,19-21,30,34-35,37H,8,11,18H2,1-4H3. The molecule has 0 bridgehead atoms. The van der Waals surface area contributed by atoms with Gasteiger partial charge in [-0.1, -0.05) is 72.8 Å². The predicted molar refractivity (Wildman–Crippen MR) is 155 cm³/mol. The Morgan fingerprint density at radius 2 is 1.49 bits per heavy atom. The van der Waals surface area contributed by atoms with Gasteiger partial charge in [0.1, 0.15) is 6.10 Å². The molecule has 0 spiro atoms. The van der Waals surface area contributed by atoms with E-state index in [0.29, 0.717) is 42.1 Å². The molecule has 202 valence electrons. The number of benzene rings is 4. The van der Waals surface area contributed by atoms with Gasteiger partial charge in [0.05, 0.1) is 19.8 Å². The van der Waals surface area contributed by atoms with E-state index in [1.165, 1.54) is 11.1 Å². The van der Waals surface area contributed by atoms with Crippen LogP contribution in [0.2, 0.25) is 0 Å². The summed E-state index contributed by atoms with van der Waals surface area (Å²) in [5.74, 6) is 0.926. The number of rotatable bonds is 11. The fourth-order valence-electron chi connectivity index (χ4n) is 4.65. The van der Waals surface area contributed by atoms with Crippen molar-refractivity contribution < 1.29 is 24.5 Å². The Labute approximate surface area is 230 Å². The number of ether oxygens (including phenoxy) is 2. The van der Waals surface area contributed by atoms with E-state index in [1.54, 1.807) is 37.4 Å². The first-order chi connectivity index (χ1) is 18.8. The average molecular weight is 525 g/mol. The molecule has 0 saturated carbocycles. The molecule has 0 radical (unpaired) electrons. The van der Waals surface area contributed by atoms with Gasteiger partial charge >= 0.3 is 0 Å². The molecule has 39 heavy (non-hydrogen) atoms. The molecule has 0 aliphatic heterocycles. The van der Waals surface area contributed by atoms with Gasteiger partial charge in [-0.05, 0) is 84.7 Å². The summed E-state index contributed by atoms with van der Waals surface area (Å²) in [6, 6.07) is 26.2. The first-order valence-electron chi connectivity index (χ1n) is 13.2. The number of hydrogen-bond acceptors (Lipinski definition) is 5. The molecule has 0 heterocycles. The molecule has 0 aromatic heterocycles. The number of aryl methyl sites for hydroxylation is 3. The zero-order valence-electron chi connectivity index (χ0n) is 23.0. The molecule has 2 unspecified atom stereocenters. The van der Waals surface area contributed by atoms with Crippen LogP contribution < -0.4 is 9.47 Å². The highest BCUT2D eigenvalue weighted by atomic mass is 16.5. The van der Waals surface area contributed by atoms with Crippen LogP contribution in [0.15, 0.2) is 84.9 Å². The first kappa shape index (κ1) is 28.1. The highest BCUT2D eigenvalue weighted by Crippen LogP contribution is 2.35. The predicted octanol–water partition coefficient (Wildman–Crippen LogP) is 7.10. The minimum Gasteiger partial charge on any atom is -0.493 e. The van der Waals surface area contributed by atoms with Crippen LogP contribution in [-0.4, -0.2) is 29.7 Å². The Hall–Kier alpha value is -3.93. The number of carbonyl (C=O) groups excluding carboxylic acids is 1. The lowest BCUT2D eigenvalue weighted by Crippen LogP contribution is -2.12. The Balaban J connectivity index is 1.43. The molecule has 2 N–H and O–H groups in total. The van der Waals surface area contributed by atoms with Crippen LogP contribution in [0.4, 0.5) is 0 Å². The Morgan fingerprint density at radius 1 is 0.769 bits per heavy atom. The van der Waals surface area contributed by atoms with Crippen molar-refractivity contribution in [3.63, 3.8) is 0 Å². The number of Topliss-reactive ketones (excluding diaryl/α,β-unsaturated/α-hetero) is 1. The summed E-state index contributed by atoms with van der Waals surface area (Å²) in [6.07, 6.45) is -0.488. The van der Waals surface area contributed by atoms with Gasteiger partial charge < -0.3 is 19.7 Å². The van der Waals surface area contributed by atoms with E-state index in [1.807, 2.05) is 61.5 Å². The molecule has 0 aliphatic rings. The maximum atomic E-state index is 12.7. The van der Waals surface area contributed by atoms with Gasteiger partial charge in [0, 0.05) is 5.56 Å². The SMILES string of the molecule is COc1ccc(-c2ccc(C(O)C(=O)c3ccccc3)cc2C)cc1OCCCC(O)c1ccc(C)c(C)c1. The zero-order valence-corrected chi connectivity index (χ0v) is 23.0. The Morgan fingerprint density at radius 3 is 2.18 bits per heavy atom. The highest BCUT2D eigenvalue weighted by Gasteiger charge is 2.20. The molecule has 4 rings (SSSR count). The molecule has 5 heteroatoms. The number of aliphatic hydroxyl groups excluding tert-OH is 2. The Bertz CT molecular complexity index is 1430. The summed E-state index contributed by atoms with van der Waals surface area (Å²) in [7, 11) is 1.61. The molecule has 0 aliphatic carbocycles. The number of hydrogen-bond donors (Lipinski definition) is 2. The molecule has 4 aromatic carbocycles. The van der Waals surface area contributed by atoms with Gasteiger partial charge in [0.25, 0.3) is 0 Å². The largest absolute Gasteiger partial charge is 0.493 e. The van der Waals surface area contributed by atoms with Crippen LogP contribution >= 0.6 is 0 Å². The minimum absolute atomic E-state index is 0.328. The Kier molecular flexibility index (Phi) is 9.18. The average Bonchev–Trinajstić information content (AvgIpc) is 2.96. The second-order valence-corrected chi connectivity index (χ2v) is 9.92. The van der Waals surface area contributed by atoms with Crippen LogP contribution in [0.1, 0.15) is 63.2 Å². The molecule has 5 nitrogen and oxygen atoms in total. The summed E-state index contributed by atoms with van der Waals surface area (Å²) in [5, 5.41) is 21.3. The van der Waals surface area contributed by atoms with E-state index in [2.05, 4.69) is 13.8 Å². The van der Waals surface area contributed by atoms with Crippen molar-refractivity contribution in [1.82, 2.24) is 0 Å². The lowest BCUT2D eigenvalue weighted by atomic mass is 9.94. The number of ketones is 1. The third-order valence-electron chi connectivity index (χ3n) is 7.14. The molecule has 0 fully saturated rings. The van der Waals surface area contributed by atoms with Gasteiger partial charge in [-0.25, -0.2) is 0 Å². The van der Waals surface area contributed by atoms with Gasteiger partial charge in [0.2, 0.25) is 0 Å². The van der Waals surface area contributed by atoms with E-state index in [9.17, 15) is 15.0 Å².